The molecule has 0 saturated heterocycles. The first-order valence-corrected chi connectivity index (χ1v) is 15.8. The molecule has 7 nitrogen and oxygen atoms in total. The molecule has 0 aromatic heterocycles. The van der Waals surface area contributed by atoms with Crippen molar-refractivity contribution in [1.29, 1.82) is 0 Å². The molecule has 1 N–H and O–H groups in total. The molecular weight excluding hydrogens is 581 g/mol. The van der Waals surface area contributed by atoms with E-state index < -0.39 is 28.5 Å². The predicted molar refractivity (Wildman–Crippen MR) is 166 cm³/mol. The smallest absolute Gasteiger partial charge is 0.264 e. The number of rotatable bonds is 12. The van der Waals surface area contributed by atoms with E-state index in [9.17, 15) is 18.0 Å². The summed E-state index contributed by atoms with van der Waals surface area (Å²) in [5.41, 5.74) is 2.46. The van der Waals surface area contributed by atoms with E-state index in [1.54, 1.807) is 55.5 Å². The van der Waals surface area contributed by atoms with Gasteiger partial charge in [0.05, 0.1) is 10.6 Å². The first kappa shape index (κ1) is 32.4. The summed E-state index contributed by atoms with van der Waals surface area (Å²) < 4.78 is 29.1. The van der Waals surface area contributed by atoms with E-state index in [2.05, 4.69) is 5.32 Å². The van der Waals surface area contributed by atoms with Crippen LogP contribution in [0.5, 0.6) is 0 Å². The van der Waals surface area contributed by atoms with Crippen LogP contribution in [0.25, 0.3) is 0 Å². The molecule has 0 bridgehead atoms. The summed E-state index contributed by atoms with van der Waals surface area (Å²) in [6, 6.07) is 17.3. The maximum atomic E-state index is 14.2. The number of nitrogens with zero attached hydrogens (tertiary/aromatic N) is 2. The molecule has 0 aliphatic rings. The number of sulfonamides is 1. The lowest BCUT2D eigenvalue weighted by Gasteiger charge is -2.34. The van der Waals surface area contributed by atoms with Crippen LogP contribution in [0.3, 0.4) is 0 Å². The molecule has 0 heterocycles. The average Bonchev–Trinajstić information content (AvgIpc) is 2.95. The van der Waals surface area contributed by atoms with Crippen molar-refractivity contribution in [3.8, 4) is 0 Å². The molecular formula is C31H37Cl2N3O4S. The molecule has 3 aromatic carbocycles. The Kier molecular flexibility index (Phi) is 11.2. The lowest BCUT2D eigenvalue weighted by atomic mass is 10.1. The molecule has 0 radical (unpaired) electrons. The molecule has 0 saturated carbocycles. The molecule has 0 fully saturated rings. The molecule has 41 heavy (non-hydrogen) atoms. The topological polar surface area (TPSA) is 86.8 Å². The molecule has 2 atom stereocenters. The lowest BCUT2D eigenvalue weighted by Crippen LogP contribution is -2.53. The van der Waals surface area contributed by atoms with Crippen LogP contribution < -0.4 is 9.62 Å². The lowest BCUT2D eigenvalue weighted by molar-refractivity contribution is -0.140. The van der Waals surface area contributed by atoms with Crippen molar-refractivity contribution in [2.75, 3.05) is 10.8 Å². The van der Waals surface area contributed by atoms with Crippen molar-refractivity contribution >= 4 is 50.7 Å². The van der Waals surface area contributed by atoms with E-state index in [1.807, 2.05) is 33.8 Å². The molecule has 10 heteroatoms. The van der Waals surface area contributed by atoms with Gasteiger partial charge in [0, 0.05) is 28.2 Å². The normalized spacial score (nSPS) is 12.9. The van der Waals surface area contributed by atoms with Crippen LogP contribution in [0.2, 0.25) is 10.0 Å². The number of carbonyl (C=O) groups excluding carboxylic acids is 2. The summed E-state index contributed by atoms with van der Waals surface area (Å²) in [6.07, 6.45) is 1.01. The third-order valence-corrected chi connectivity index (χ3v) is 9.71. The number of anilines is 1. The van der Waals surface area contributed by atoms with Crippen molar-refractivity contribution < 1.29 is 18.0 Å². The molecule has 3 aromatic rings. The van der Waals surface area contributed by atoms with Crippen LogP contribution in [0.1, 0.15) is 50.3 Å². The average molecular weight is 619 g/mol. The van der Waals surface area contributed by atoms with Crippen LogP contribution >= 0.6 is 23.2 Å². The minimum Gasteiger partial charge on any atom is -0.352 e. The van der Waals surface area contributed by atoms with E-state index in [0.29, 0.717) is 34.1 Å². The third kappa shape index (κ3) is 7.61. The number of benzene rings is 3. The molecule has 0 spiro atoms. The summed E-state index contributed by atoms with van der Waals surface area (Å²) in [7, 11) is -4.15. The van der Waals surface area contributed by atoms with E-state index in [0.717, 1.165) is 15.4 Å². The van der Waals surface area contributed by atoms with Crippen LogP contribution in [0, 0.1) is 13.8 Å². The van der Waals surface area contributed by atoms with Crippen LogP contribution in [-0.2, 0) is 26.2 Å². The molecule has 0 aliphatic carbocycles. The van der Waals surface area contributed by atoms with Crippen LogP contribution in [-0.4, -0.2) is 43.8 Å². The highest BCUT2D eigenvalue weighted by Crippen LogP contribution is 2.31. The van der Waals surface area contributed by atoms with Gasteiger partial charge in [-0.15, -0.1) is 0 Å². The first-order chi connectivity index (χ1) is 19.4. The zero-order chi connectivity index (χ0) is 30.3. The number of halogens is 2. The van der Waals surface area contributed by atoms with Gasteiger partial charge in [0.1, 0.15) is 12.6 Å². The van der Waals surface area contributed by atoms with Crippen molar-refractivity contribution in [2.24, 2.45) is 0 Å². The largest absolute Gasteiger partial charge is 0.352 e. The van der Waals surface area contributed by atoms with E-state index in [-0.39, 0.29) is 23.4 Å². The first-order valence-electron chi connectivity index (χ1n) is 13.6. The second-order valence-corrected chi connectivity index (χ2v) is 12.7. The zero-order valence-electron chi connectivity index (χ0n) is 24.0. The van der Waals surface area contributed by atoms with E-state index in [4.69, 9.17) is 23.2 Å². The Morgan fingerprint density at radius 2 is 1.49 bits per heavy atom. The monoisotopic (exact) mass is 617 g/mol. The SMILES string of the molecule is CC[C@H](C)NC(=O)[C@H](CC)N(Cc1c(Cl)cccc1Cl)C(=O)CN(c1cccc(C)c1C)S(=O)(=O)c1ccccc1. The fourth-order valence-corrected chi connectivity index (χ4v) is 6.46. The van der Waals surface area contributed by atoms with Gasteiger partial charge in [-0.05, 0) is 75.1 Å². The molecule has 3 rings (SSSR count). The van der Waals surface area contributed by atoms with E-state index >= 15 is 0 Å². The number of carbonyl (C=O) groups is 2. The Bertz CT molecular complexity index is 1460. The Hall–Kier alpha value is -3.07. The second-order valence-electron chi connectivity index (χ2n) is 10.0. The molecule has 0 aliphatic heterocycles. The maximum absolute atomic E-state index is 14.2. The van der Waals surface area contributed by atoms with Crippen molar-refractivity contribution in [1.82, 2.24) is 10.2 Å². The number of nitrogens with one attached hydrogen (secondary N) is 1. The minimum atomic E-state index is -4.15. The minimum absolute atomic E-state index is 0.0518. The van der Waals surface area contributed by atoms with Gasteiger partial charge >= 0.3 is 0 Å². The quantitative estimate of drug-likeness (QED) is 0.250. The fraction of sp³-hybridized carbons (Fsp3) is 0.355. The number of hydrogen-bond donors (Lipinski definition) is 1. The number of hydrogen-bond acceptors (Lipinski definition) is 4. The van der Waals surface area contributed by atoms with Crippen molar-refractivity contribution in [2.45, 2.75) is 71.0 Å². The molecule has 0 unspecified atom stereocenters. The summed E-state index contributed by atoms with van der Waals surface area (Å²) >= 11 is 13.0. The van der Waals surface area contributed by atoms with Gasteiger partial charge in [-0.3, -0.25) is 13.9 Å². The Morgan fingerprint density at radius 3 is 2.07 bits per heavy atom. The summed E-state index contributed by atoms with van der Waals surface area (Å²) in [6.45, 7) is 8.74. The molecule has 220 valence electrons. The molecule has 2 amide bonds. The highest BCUT2D eigenvalue weighted by atomic mass is 35.5. The predicted octanol–water partition coefficient (Wildman–Crippen LogP) is 6.53. The van der Waals surface area contributed by atoms with Gasteiger partial charge in [-0.25, -0.2) is 8.42 Å². The van der Waals surface area contributed by atoms with Gasteiger partial charge in [0.15, 0.2) is 0 Å². The Balaban J connectivity index is 2.13. The Morgan fingerprint density at radius 1 is 0.878 bits per heavy atom. The Labute approximate surface area is 253 Å². The highest BCUT2D eigenvalue weighted by Gasteiger charge is 2.35. The zero-order valence-corrected chi connectivity index (χ0v) is 26.4. The summed E-state index contributed by atoms with van der Waals surface area (Å²) in [5, 5.41) is 3.64. The number of aryl methyl sites for hydroxylation is 1. The van der Waals surface area contributed by atoms with E-state index in [1.165, 1.54) is 17.0 Å². The summed E-state index contributed by atoms with van der Waals surface area (Å²) in [5.74, 6) is -0.893. The van der Waals surface area contributed by atoms with Crippen LogP contribution in [0.4, 0.5) is 5.69 Å². The third-order valence-electron chi connectivity index (χ3n) is 7.23. The van der Waals surface area contributed by atoms with Gasteiger partial charge in [0.2, 0.25) is 11.8 Å². The highest BCUT2D eigenvalue weighted by molar-refractivity contribution is 7.92. The second kappa shape index (κ2) is 14.2. The maximum Gasteiger partial charge on any atom is 0.264 e. The van der Waals surface area contributed by atoms with Crippen molar-refractivity contribution in [3.63, 3.8) is 0 Å². The van der Waals surface area contributed by atoms with Gasteiger partial charge < -0.3 is 10.2 Å². The van der Waals surface area contributed by atoms with Gasteiger partial charge in [-0.2, -0.15) is 0 Å². The fourth-order valence-electron chi connectivity index (χ4n) is 4.45. The van der Waals surface area contributed by atoms with Gasteiger partial charge in [-0.1, -0.05) is 73.4 Å². The van der Waals surface area contributed by atoms with Crippen molar-refractivity contribution in [3.05, 3.63) is 93.5 Å². The summed E-state index contributed by atoms with van der Waals surface area (Å²) in [4.78, 5) is 29.1. The van der Waals surface area contributed by atoms with Gasteiger partial charge in [0.25, 0.3) is 10.0 Å². The standard InChI is InChI=1S/C31H37Cl2N3O4S/c1-6-22(4)34-31(38)28(7-2)35(19-25-26(32)16-12-17-27(25)33)30(37)20-36(29-18-11-13-21(3)23(29)5)41(39,40)24-14-9-8-10-15-24/h8-18,22,28H,6-7,19-20H2,1-5H3,(H,34,38)/t22-,28-/m0/s1. The number of amides is 2. The van der Waals surface area contributed by atoms with Crippen LogP contribution in [0.15, 0.2) is 71.6 Å².